The molecule has 1 aromatic heterocycles. The van der Waals surface area contributed by atoms with Gasteiger partial charge in [-0.05, 0) is 51.3 Å². The minimum absolute atomic E-state index is 0. The molecule has 1 aliphatic rings. The molecule has 0 radical (unpaired) electrons. The summed E-state index contributed by atoms with van der Waals surface area (Å²) >= 11 is 1.79. The van der Waals surface area contributed by atoms with E-state index < -0.39 is 0 Å². The molecule has 1 aromatic rings. The van der Waals surface area contributed by atoms with Crippen LogP contribution in [-0.2, 0) is 0 Å². The molecule has 0 aliphatic carbocycles. The highest BCUT2D eigenvalue weighted by molar-refractivity contribution is 7.99. The molecule has 0 bridgehead atoms. The zero-order valence-electron chi connectivity index (χ0n) is 10.2. The molecule has 1 fully saturated rings. The molecule has 2 rings (SSSR count). The third-order valence-corrected chi connectivity index (χ3v) is 3.88. The molecule has 0 atom stereocenters. The van der Waals surface area contributed by atoms with Gasteiger partial charge in [0.05, 0.1) is 0 Å². The first-order valence-electron chi connectivity index (χ1n) is 5.98. The first-order chi connectivity index (χ1) is 7.84. The SMILES string of the molecule is Cc1ccnc(SCCC2CCNCC2)n1.Cl. The summed E-state index contributed by atoms with van der Waals surface area (Å²) in [7, 11) is 0. The number of halogens is 1. The molecule has 96 valence electrons. The number of rotatable bonds is 4. The summed E-state index contributed by atoms with van der Waals surface area (Å²) in [6, 6.07) is 1.94. The fourth-order valence-electron chi connectivity index (χ4n) is 1.98. The van der Waals surface area contributed by atoms with Crippen LogP contribution in [0, 0.1) is 12.8 Å². The average Bonchev–Trinajstić information content (AvgIpc) is 2.30. The summed E-state index contributed by atoms with van der Waals surface area (Å²) in [6.45, 7) is 4.39. The Bertz CT molecular complexity index is 329. The summed E-state index contributed by atoms with van der Waals surface area (Å²) in [4.78, 5) is 8.66. The number of aromatic nitrogens is 2. The molecule has 2 heterocycles. The number of hydrogen-bond acceptors (Lipinski definition) is 4. The van der Waals surface area contributed by atoms with Crippen molar-refractivity contribution in [3.8, 4) is 0 Å². The van der Waals surface area contributed by atoms with Crippen molar-refractivity contribution >= 4 is 24.2 Å². The summed E-state index contributed by atoms with van der Waals surface area (Å²) in [5.41, 5.74) is 1.05. The highest BCUT2D eigenvalue weighted by Gasteiger charge is 2.12. The molecular weight excluding hydrogens is 254 g/mol. The van der Waals surface area contributed by atoms with E-state index in [2.05, 4.69) is 15.3 Å². The zero-order chi connectivity index (χ0) is 11.2. The van der Waals surface area contributed by atoms with Gasteiger partial charge in [-0.3, -0.25) is 0 Å². The van der Waals surface area contributed by atoms with Gasteiger partial charge in [0.1, 0.15) is 0 Å². The maximum Gasteiger partial charge on any atom is 0.187 e. The highest BCUT2D eigenvalue weighted by Crippen LogP contribution is 2.21. The van der Waals surface area contributed by atoms with Gasteiger partial charge < -0.3 is 5.32 Å². The van der Waals surface area contributed by atoms with Crippen LogP contribution in [0.5, 0.6) is 0 Å². The van der Waals surface area contributed by atoms with Crippen molar-refractivity contribution in [3.63, 3.8) is 0 Å². The summed E-state index contributed by atoms with van der Waals surface area (Å²) in [5.74, 6) is 2.05. The number of hydrogen-bond donors (Lipinski definition) is 1. The Kier molecular flexibility index (Phi) is 6.85. The smallest absolute Gasteiger partial charge is 0.187 e. The minimum atomic E-state index is 0. The van der Waals surface area contributed by atoms with Gasteiger partial charge in [-0.1, -0.05) is 11.8 Å². The van der Waals surface area contributed by atoms with Crippen molar-refractivity contribution in [2.24, 2.45) is 5.92 Å². The summed E-state index contributed by atoms with van der Waals surface area (Å²) in [6.07, 6.45) is 5.79. The molecule has 1 aliphatic heterocycles. The van der Waals surface area contributed by atoms with Crippen molar-refractivity contribution in [3.05, 3.63) is 18.0 Å². The maximum absolute atomic E-state index is 4.40. The fraction of sp³-hybridized carbons (Fsp3) is 0.667. The quantitative estimate of drug-likeness (QED) is 0.676. The monoisotopic (exact) mass is 273 g/mol. The van der Waals surface area contributed by atoms with Gasteiger partial charge >= 0.3 is 0 Å². The van der Waals surface area contributed by atoms with E-state index in [0.29, 0.717) is 0 Å². The average molecular weight is 274 g/mol. The largest absolute Gasteiger partial charge is 0.317 e. The Hall–Kier alpha value is -0.320. The van der Waals surface area contributed by atoms with Crippen LogP contribution < -0.4 is 5.32 Å². The van der Waals surface area contributed by atoms with Gasteiger partial charge in [0, 0.05) is 17.6 Å². The molecule has 1 saturated heterocycles. The number of thioether (sulfide) groups is 1. The third kappa shape index (κ3) is 5.23. The first kappa shape index (κ1) is 14.7. The highest BCUT2D eigenvalue weighted by atomic mass is 35.5. The van der Waals surface area contributed by atoms with E-state index in [1.807, 2.05) is 19.2 Å². The third-order valence-electron chi connectivity index (χ3n) is 2.99. The molecule has 3 nitrogen and oxygen atoms in total. The molecule has 17 heavy (non-hydrogen) atoms. The lowest BCUT2D eigenvalue weighted by molar-refractivity contribution is 0.367. The van der Waals surface area contributed by atoms with E-state index in [1.54, 1.807) is 11.8 Å². The number of nitrogens with zero attached hydrogens (tertiary/aromatic N) is 2. The number of aryl methyl sites for hydroxylation is 1. The van der Waals surface area contributed by atoms with E-state index in [9.17, 15) is 0 Å². The lowest BCUT2D eigenvalue weighted by atomic mass is 9.96. The van der Waals surface area contributed by atoms with Crippen LogP contribution in [0.25, 0.3) is 0 Å². The van der Waals surface area contributed by atoms with Crippen LogP contribution in [0.3, 0.4) is 0 Å². The lowest BCUT2D eigenvalue weighted by Crippen LogP contribution is -2.27. The minimum Gasteiger partial charge on any atom is -0.317 e. The Balaban J connectivity index is 0.00000144. The predicted molar refractivity (Wildman–Crippen MR) is 75.0 cm³/mol. The molecule has 0 amide bonds. The lowest BCUT2D eigenvalue weighted by Gasteiger charge is -2.21. The molecule has 5 heteroatoms. The van der Waals surface area contributed by atoms with E-state index >= 15 is 0 Å². The van der Waals surface area contributed by atoms with Crippen LogP contribution in [0.15, 0.2) is 17.4 Å². The van der Waals surface area contributed by atoms with Crippen molar-refractivity contribution in [2.75, 3.05) is 18.8 Å². The summed E-state index contributed by atoms with van der Waals surface area (Å²) in [5, 5.41) is 4.32. The van der Waals surface area contributed by atoms with Gasteiger partial charge in [0.25, 0.3) is 0 Å². The molecule has 0 aromatic carbocycles. The molecule has 1 N–H and O–H groups in total. The second kappa shape index (κ2) is 7.90. The maximum atomic E-state index is 4.40. The molecule has 0 saturated carbocycles. The van der Waals surface area contributed by atoms with Crippen molar-refractivity contribution in [2.45, 2.75) is 31.3 Å². The van der Waals surface area contributed by atoms with E-state index in [4.69, 9.17) is 0 Å². The van der Waals surface area contributed by atoms with Crippen LogP contribution >= 0.6 is 24.2 Å². The zero-order valence-corrected chi connectivity index (χ0v) is 11.8. The fourth-order valence-corrected chi connectivity index (χ4v) is 2.96. The van der Waals surface area contributed by atoms with Crippen molar-refractivity contribution < 1.29 is 0 Å². The molecule has 0 unspecified atom stereocenters. The van der Waals surface area contributed by atoms with Crippen LogP contribution in [0.2, 0.25) is 0 Å². The topological polar surface area (TPSA) is 37.8 Å². The molecule has 0 spiro atoms. The van der Waals surface area contributed by atoms with E-state index in [-0.39, 0.29) is 12.4 Å². The second-order valence-electron chi connectivity index (χ2n) is 4.31. The number of nitrogens with one attached hydrogen (secondary N) is 1. The standard InChI is InChI=1S/C12H19N3S.ClH/c1-10-2-8-14-12(15-10)16-9-5-11-3-6-13-7-4-11;/h2,8,11,13H,3-7,9H2,1H3;1H. The van der Waals surface area contributed by atoms with E-state index in [0.717, 1.165) is 22.5 Å². The van der Waals surface area contributed by atoms with Gasteiger partial charge in [-0.2, -0.15) is 0 Å². The number of piperidine rings is 1. The Labute approximate surface area is 114 Å². The van der Waals surface area contributed by atoms with E-state index in [1.165, 1.54) is 32.4 Å². The Morgan fingerprint density at radius 1 is 1.41 bits per heavy atom. The van der Waals surface area contributed by atoms with Crippen LogP contribution in [0.1, 0.15) is 25.0 Å². The first-order valence-corrected chi connectivity index (χ1v) is 6.96. The van der Waals surface area contributed by atoms with Gasteiger partial charge in [-0.15, -0.1) is 12.4 Å². The normalized spacial score (nSPS) is 16.5. The van der Waals surface area contributed by atoms with Gasteiger partial charge in [0.15, 0.2) is 5.16 Å². The summed E-state index contributed by atoms with van der Waals surface area (Å²) < 4.78 is 0. The van der Waals surface area contributed by atoms with Crippen molar-refractivity contribution in [1.82, 2.24) is 15.3 Å². The predicted octanol–water partition coefficient (Wildman–Crippen LogP) is 2.69. The Morgan fingerprint density at radius 3 is 2.88 bits per heavy atom. The van der Waals surface area contributed by atoms with Gasteiger partial charge in [0.2, 0.25) is 0 Å². The van der Waals surface area contributed by atoms with Crippen LogP contribution in [-0.4, -0.2) is 28.8 Å². The van der Waals surface area contributed by atoms with Crippen molar-refractivity contribution in [1.29, 1.82) is 0 Å². The molecular formula is C12H20ClN3S. The second-order valence-corrected chi connectivity index (χ2v) is 5.37. The van der Waals surface area contributed by atoms with Gasteiger partial charge in [-0.25, -0.2) is 9.97 Å². The Morgan fingerprint density at radius 2 is 2.18 bits per heavy atom. The van der Waals surface area contributed by atoms with Crippen LogP contribution in [0.4, 0.5) is 0 Å².